The molecule has 3 aliphatic rings. The number of thioether (sulfide) groups is 1. The van der Waals surface area contributed by atoms with Crippen molar-refractivity contribution in [3.63, 3.8) is 0 Å². The number of nitrogens with zero attached hydrogens (tertiary/aromatic N) is 2. The number of unbranched alkanes of at least 4 members (excludes halogenated alkanes) is 5. The smallest absolute Gasteiger partial charge is 0.310 e. The van der Waals surface area contributed by atoms with E-state index < -0.39 is 22.6 Å². The number of hydrogen-bond donors (Lipinski definition) is 1. The van der Waals surface area contributed by atoms with Crippen molar-refractivity contribution in [2.45, 2.75) is 85.6 Å². The second-order valence-electron chi connectivity index (χ2n) is 10.4. The third kappa shape index (κ3) is 6.30. The van der Waals surface area contributed by atoms with E-state index in [1.807, 2.05) is 4.90 Å². The van der Waals surface area contributed by atoms with Crippen LogP contribution in [0.2, 0.25) is 0 Å². The number of aliphatic hydroxyl groups excluding tert-OH is 1. The van der Waals surface area contributed by atoms with E-state index in [2.05, 4.69) is 36.0 Å². The molecule has 37 heavy (non-hydrogen) atoms. The van der Waals surface area contributed by atoms with Crippen LogP contribution in [0.4, 0.5) is 0 Å². The van der Waals surface area contributed by atoms with Gasteiger partial charge in [0.25, 0.3) is 0 Å². The number of aliphatic hydroxyl groups is 1. The number of rotatable bonds is 17. The van der Waals surface area contributed by atoms with Crippen LogP contribution in [-0.4, -0.2) is 86.4 Å². The Morgan fingerprint density at radius 1 is 1.22 bits per heavy atom. The molecular formula is C28H43BrN2O5S. The molecule has 0 radical (unpaired) electrons. The van der Waals surface area contributed by atoms with Gasteiger partial charge in [-0.2, -0.15) is 0 Å². The van der Waals surface area contributed by atoms with Crippen molar-refractivity contribution in [2.75, 3.05) is 32.8 Å². The summed E-state index contributed by atoms with van der Waals surface area (Å²) in [5.74, 6) is -1.59. The van der Waals surface area contributed by atoms with Crippen LogP contribution in [0.25, 0.3) is 0 Å². The van der Waals surface area contributed by atoms with Gasteiger partial charge >= 0.3 is 5.97 Å². The highest BCUT2D eigenvalue weighted by atomic mass is 79.9. The summed E-state index contributed by atoms with van der Waals surface area (Å²) >= 11 is 5.45. The van der Waals surface area contributed by atoms with Gasteiger partial charge in [-0.3, -0.25) is 14.4 Å². The first-order valence-electron chi connectivity index (χ1n) is 13.8. The maximum absolute atomic E-state index is 14.2. The lowest BCUT2D eigenvalue weighted by molar-refractivity contribution is -0.154. The minimum absolute atomic E-state index is 0.0323. The second kappa shape index (κ2) is 14.2. The summed E-state index contributed by atoms with van der Waals surface area (Å²) in [6, 6.07) is -0.616. The zero-order valence-electron chi connectivity index (χ0n) is 22.1. The summed E-state index contributed by atoms with van der Waals surface area (Å²) < 4.78 is 5.00. The summed E-state index contributed by atoms with van der Waals surface area (Å²) in [5, 5.41) is 9.12. The van der Waals surface area contributed by atoms with E-state index in [-0.39, 0.29) is 34.5 Å². The number of amides is 2. The molecule has 9 heteroatoms. The Hall–Kier alpha value is -1.32. The van der Waals surface area contributed by atoms with Crippen molar-refractivity contribution < 1.29 is 24.2 Å². The van der Waals surface area contributed by atoms with E-state index in [1.165, 1.54) is 0 Å². The highest BCUT2D eigenvalue weighted by Gasteiger charge is 2.76. The molecule has 3 heterocycles. The molecule has 1 spiro atoms. The fourth-order valence-electron chi connectivity index (χ4n) is 6.16. The summed E-state index contributed by atoms with van der Waals surface area (Å²) in [6.45, 7) is 11.6. The Morgan fingerprint density at radius 3 is 2.68 bits per heavy atom. The molecular weight excluding hydrogens is 556 g/mol. The van der Waals surface area contributed by atoms with Gasteiger partial charge in [0, 0.05) is 36.3 Å². The van der Waals surface area contributed by atoms with Gasteiger partial charge in [0.15, 0.2) is 0 Å². The Kier molecular flexibility index (Phi) is 11.6. The van der Waals surface area contributed by atoms with E-state index >= 15 is 0 Å². The normalized spacial score (nSPS) is 29.9. The molecule has 208 valence electrons. The van der Waals surface area contributed by atoms with Crippen LogP contribution < -0.4 is 0 Å². The second-order valence-corrected chi connectivity index (χ2v) is 13.1. The van der Waals surface area contributed by atoms with Gasteiger partial charge in [-0.1, -0.05) is 47.8 Å². The molecule has 0 aromatic heterocycles. The average Bonchev–Trinajstić information content (AvgIpc) is 3.47. The average molecular weight is 600 g/mol. The van der Waals surface area contributed by atoms with Crippen molar-refractivity contribution in [3.8, 4) is 0 Å². The number of carbonyl (C=O) groups is 3. The van der Waals surface area contributed by atoms with Crippen LogP contribution in [0.5, 0.6) is 0 Å². The zero-order valence-corrected chi connectivity index (χ0v) is 24.5. The third-order valence-electron chi connectivity index (χ3n) is 7.84. The summed E-state index contributed by atoms with van der Waals surface area (Å²) in [7, 11) is 0. The number of carbonyl (C=O) groups excluding carboxylic acids is 3. The molecule has 0 aromatic carbocycles. The fraction of sp³-hybridized carbons (Fsp3) is 0.750. The largest absolute Gasteiger partial charge is 0.465 e. The quantitative estimate of drug-likeness (QED) is 0.116. The molecule has 0 aliphatic carbocycles. The van der Waals surface area contributed by atoms with E-state index in [9.17, 15) is 19.5 Å². The molecule has 0 saturated carbocycles. The molecule has 2 bridgehead atoms. The molecule has 0 aromatic rings. The minimum Gasteiger partial charge on any atom is -0.465 e. The molecule has 3 unspecified atom stereocenters. The molecule has 3 fully saturated rings. The summed E-state index contributed by atoms with van der Waals surface area (Å²) in [4.78, 5) is 45.2. The van der Waals surface area contributed by atoms with Crippen LogP contribution in [0.1, 0.15) is 64.7 Å². The predicted octanol–water partition coefficient (Wildman–Crippen LogP) is 4.33. The molecule has 3 saturated heterocycles. The topological polar surface area (TPSA) is 87.2 Å². The Labute approximate surface area is 234 Å². The lowest BCUT2D eigenvalue weighted by Crippen LogP contribution is -2.55. The van der Waals surface area contributed by atoms with Crippen molar-refractivity contribution >= 4 is 45.5 Å². The summed E-state index contributed by atoms with van der Waals surface area (Å²) in [6.07, 6.45) is 10.8. The number of fused-ring (bicyclic) bond motifs is 1. The first-order valence-corrected chi connectivity index (χ1v) is 15.6. The SMILES string of the molecule is C=CCCCOC(=O)[C@H]1[C@@H]2SC3(CC2Br)C(C(=O)N(CC=C)CCCCC)N(CCCCCO)C(=O)[C@H]13. The lowest BCUT2D eigenvalue weighted by Gasteiger charge is -2.38. The van der Waals surface area contributed by atoms with Gasteiger partial charge in [0.05, 0.1) is 23.2 Å². The molecule has 3 rings (SSSR count). The van der Waals surface area contributed by atoms with Crippen molar-refractivity contribution in [1.29, 1.82) is 0 Å². The van der Waals surface area contributed by atoms with Crippen LogP contribution in [-0.2, 0) is 19.1 Å². The number of hydrogen-bond acceptors (Lipinski definition) is 6. The highest BCUT2D eigenvalue weighted by molar-refractivity contribution is 9.09. The van der Waals surface area contributed by atoms with E-state index in [0.717, 1.165) is 32.1 Å². The maximum Gasteiger partial charge on any atom is 0.310 e. The molecule has 3 aliphatic heterocycles. The Morgan fingerprint density at radius 2 is 2.00 bits per heavy atom. The van der Waals surface area contributed by atoms with E-state index in [0.29, 0.717) is 51.9 Å². The number of allylic oxidation sites excluding steroid dienone is 1. The Balaban J connectivity index is 1.91. The molecule has 1 N–H and O–H groups in total. The first-order chi connectivity index (χ1) is 17.9. The number of esters is 1. The molecule has 6 atom stereocenters. The molecule has 2 amide bonds. The van der Waals surface area contributed by atoms with Gasteiger partial charge in [-0.15, -0.1) is 24.9 Å². The van der Waals surface area contributed by atoms with Gasteiger partial charge in [0.1, 0.15) is 6.04 Å². The van der Waals surface area contributed by atoms with E-state index in [1.54, 1.807) is 28.8 Å². The zero-order chi connectivity index (χ0) is 27.0. The standard InChI is InChI=1S/C28H43BrN2O5S/c1-4-7-10-15-30(14-6-3)26(34)24-28-19-20(29)23(37-28)21(27(35)36-18-13-8-5-2)22(28)25(33)31(24)16-11-9-12-17-32/h5-6,20-24,32H,2-4,7-19H2,1H3/t20?,21-,22+,23-,24?,28?/m1/s1. The minimum atomic E-state index is -0.654. The van der Waals surface area contributed by atoms with Crippen LogP contribution >= 0.6 is 27.7 Å². The van der Waals surface area contributed by atoms with Crippen LogP contribution in [0.3, 0.4) is 0 Å². The van der Waals surface area contributed by atoms with Gasteiger partial charge < -0.3 is 19.6 Å². The number of halogens is 1. The fourth-order valence-corrected chi connectivity index (χ4v) is 9.75. The highest BCUT2D eigenvalue weighted by Crippen LogP contribution is 2.68. The maximum atomic E-state index is 14.2. The molecule has 7 nitrogen and oxygen atoms in total. The van der Waals surface area contributed by atoms with E-state index in [4.69, 9.17) is 4.74 Å². The van der Waals surface area contributed by atoms with Crippen molar-refractivity contribution in [3.05, 3.63) is 25.3 Å². The predicted molar refractivity (Wildman–Crippen MR) is 152 cm³/mol. The van der Waals surface area contributed by atoms with Gasteiger partial charge in [-0.05, 0) is 44.9 Å². The summed E-state index contributed by atoms with van der Waals surface area (Å²) in [5.41, 5.74) is 0. The first kappa shape index (κ1) is 30.2. The van der Waals surface area contributed by atoms with Crippen LogP contribution in [0, 0.1) is 11.8 Å². The number of likely N-dealkylation sites (tertiary alicyclic amines) is 1. The number of alkyl halides is 1. The van der Waals surface area contributed by atoms with Crippen molar-refractivity contribution in [1.82, 2.24) is 9.80 Å². The third-order valence-corrected chi connectivity index (χ3v) is 11.1. The van der Waals surface area contributed by atoms with Crippen molar-refractivity contribution in [2.24, 2.45) is 11.8 Å². The Bertz CT molecular complexity index is 841. The number of ether oxygens (including phenoxy) is 1. The van der Waals surface area contributed by atoms with Crippen LogP contribution in [0.15, 0.2) is 25.3 Å². The lowest BCUT2D eigenvalue weighted by atomic mass is 9.71. The monoisotopic (exact) mass is 598 g/mol. The van der Waals surface area contributed by atoms with Gasteiger partial charge in [0.2, 0.25) is 11.8 Å². The van der Waals surface area contributed by atoms with Gasteiger partial charge in [-0.25, -0.2) is 0 Å².